The topological polar surface area (TPSA) is 63.4 Å². The number of aryl methyl sites for hydroxylation is 1. The van der Waals surface area contributed by atoms with Crippen LogP contribution < -0.4 is 5.73 Å². The molecule has 2 N–H and O–H groups in total. The fraction of sp³-hybridized carbons (Fsp3) is 0.600. The van der Waals surface area contributed by atoms with Crippen molar-refractivity contribution in [3.05, 3.63) is 35.4 Å². The van der Waals surface area contributed by atoms with Crippen LogP contribution >= 0.6 is 12.4 Å². The second-order valence-electron chi connectivity index (χ2n) is 6.98. The Hall–Kier alpha value is -1.39. The van der Waals surface area contributed by atoms with Crippen molar-refractivity contribution in [1.82, 2.24) is 4.90 Å². The lowest BCUT2D eigenvalue weighted by Crippen LogP contribution is -2.49. The van der Waals surface area contributed by atoms with E-state index in [1.807, 2.05) is 29.2 Å². The minimum atomic E-state index is 0. The molecule has 1 heterocycles. The van der Waals surface area contributed by atoms with Gasteiger partial charge in [0.2, 0.25) is 5.91 Å². The first-order chi connectivity index (χ1) is 11.5. The number of nitrogens with zero attached hydrogens (tertiary/aromatic N) is 1. The lowest BCUT2D eigenvalue weighted by atomic mass is 9.92. The fourth-order valence-electron chi connectivity index (χ4n) is 3.46. The first-order valence-corrected chi connectivity index (χ1v) is 9.16. The van der Waals surface area contributed by atoms with Gasteiger partial charge in [0.25, 0.3) is 0 Å². The van der Waals surface area contributed by atoms with Gasteiger partial charge in [0.1, 0.15) is 0 Å². The van der Waals surface area contributed by atoms with Crippen LogP contribution in [0.25, 0.3) is 0 Å². The standard InChI is InChI=1S/C20H30N2O2.ClH/c1-3-4-16-5-7-17(8-6-16)19(23)9-10-20(24)22-12-11-15(2)13-18(22)14-21;/h5-8,15,18H,3-4,9-14,21H2,1-2H3;1H. The highest BCUT2D eigenvalue weighted by Gasteiger charge is 2.28. The number of Topliss-reactive ketones (excluding diaryl/α,β-unsaturated/α-hetero) is 1. The summed E-state index contributed by atoms with van der Waals surface area (Å²) in [6.45, 7) is 5.61. The number of amides is 1. The lowest BCUT2D eigenvalue weighted by Gasteiger charge is -2.38. The summed E-state index contributed by atoms with van der Waals surface area (Å²) < 4.78 is 0. The number of piperidine rings is 1. The van der Waals surface area contributed by atoms with Crippen LogP contribution in [0, 0.1) is 5.92 Å². The molecule has 25 heavy (non-hydrogen) atoms. The number of benzene rings is 1. The summed E-state index contributed by atoms with van der Waals surface area (Å²) >= 11 is 0. The Balaban J connectivity index is 0.00000312. The minimum Gasteiger partial charge on any atom is -0.338 e. The van der Waals surface area contributed by atoms with Crippen molar-refractivity contribution in [2.24, 2.45) is 11.7 Å². The van der Waals surface area contributed by atoms with E-state index in [-0.39, 0.29) is 43.0 Å². The zero-order valence-corrected chi connectivity index (χ0v) is 16.2. The van der Waals surface area contributed by atoms with Crippen LogP contribution in [-0.2, 0) is 11.2 Å². The molecule has 0 radical (unpaired) electrons. The monoisotopic (exact) mass is 366 g/mol. The zero-order chi connectivity index (χ0) is 17.5. The van der Waals surface area contributed by atoms with Crippen LogP contribution in [-0.4, -0.2) is 35.7 Å². The van der Waals surface area contributed by atoms with Gasteiger partial charge in [-0.05, 0) is 30.7 Å². The maximum Gasteiger partial charge on any atom is 0.223 e. The van der Waals surface area contributed by atoms with Crippen molar-refractivity contribution in [3.63, 3.8) is 0 Å². The molecule has 1 fully saturated rings. The molecule has 0 bridgehead atoms. The molecule has 5 heteroatoms. The summed E-state index contributed by atoms with van der Waals surface area (Å²) in [6, 6.07) is 7.90. The van der Waals surface area contributed by atoms with Gasteiger partial charge in [-0.15, -0.1) is 12.4 Å². The number of carbonyl (C=O) groups is 2. The van der Waals surface area contributed by atoms with Gasteiger partial charge in [-0.1, -0.05) is 44.5 Å². The van der Waals surface area contributed by atoms with Gasteiger partial charge in [0, 0.05) is 37.5 Å². The number of likely N-dealkylation sites (tertiary alicyclic amines) is 1. The molecule has 1 aromatic carbocycles. The summed E-state index contributed by atoms with van der Waals surface area (Å²) in [7, 11) is 0. The van der Waals surface area contributed by atoms with Crippen LogP contribution in [0.5, 0.6) is 0 Å². The Morgan fingerprint density at radius 3 is 2.48 bits per heavy atom. The van der Waals surface area contributed by atoms with E-state index < -0.39 is 0 Å². The fourth-order valence-corrected chi connectivity index (χ4v) is 3.46. The minimum absolute atomic E-state index is 0. The molecule has 4 nitrogen and oxygen atoms in total. The largest absolute Gasteiger partial charge is 0.338 e. The first kappa shape index (κ1) is 21.7. The summed E-state index contributed by atoms with van der Waals surface area (Å²) in [5.41, 5.74) is 7.77. The Kier molecular flexibility index (Phi) is 9.15. The zero-order valence-electron chi connectivity index (χ0n) is 15.4. The average molecular weight is 367 g/mol. The number of carbonyl (C=O) groups excluding carboxylic acids is 2. The Labute approximate surface area is 157 Å². The molecule has 1 saturated heterocycles. The molecule has 2 rings (SSSR count). The van der Waals surface area contributed by atoms with Gasteiger partial charge in [0.15, 0.2) is 5.78 Å². The van der Waals surface area contributed by atoms with Crippen molar-refractivity contribution < 1.29 is 9.59 Å². The normalized spacial score (nSPS) is 20.0. The predicted octanol–water partition coefficient (Wildman–Crippen LogP) is 3.61. The molecule has 140 valence electrons. The van der Waals surface area contributed by atoms with Crippen molar-refractivity contribution >= 4 is 24.1 Å². The third-order valence-electron chi connectivity index (χ3n) is 4.95. The van der Waals surface area contributed by atoms with E-state index in [0.717, 1.165) is 32.2 Å². The van der Waals surface area contributed by atoms with E-state index >= 15 is 0 Å². The SMILES string of the molecule is CCCc1ccc(C(=O)CCC(=O)N2CCC(C)CC2CN)cc1.Cl. The number of hydrogen-bond acceptors (Lipinski definition) is 3. The second-order valence-corrected chi connectivity index (χ2v) is 6.98. The molecule has 1 aliphatic heterocycles. The van der Waals surface area contributed by atoms with Crippen molar-refractivity contribution in [2.75, 3.05) is 13.1 Å². The van der Waals surface area contributed by atoms with Crippen molar-refractivity contribution in [2.45, 2.75) is 58.4 Å². The summed E-state index contributed by atoms with van der Waals surface area (Å²) in [5, 5.41) is 0. The summed E-state index contributed by atoms with van der Waals surface area (Å²) in [5.74, 6) is 0.722. The van der Waals surface area contributed by atoms with Crippen LogP contribution in [0.2, 0.25) is 0 Å². The average Bonchev–Trinajstić information content (AvgIpc) is 2.60. The van der Waals surface area contributed by atoms with Gasteiger partial charge < -0.3 is 10.6 Å². The van der Waals surface area contributed by atoms with E-state index in [1.54, 1.807) is 0 Å². The summed E-state index contributed by atoms with van der Waals surface area (Å²) in [6.07, 6.45) is 4.67. The highest BCUT2D eigenvalue weighted by Crippen LogP contribution is 2.23. The third-order valence-corrected chi connectivity index (χ3v) is 4.95. The molecule has 0 saturated carbocycles. The van der Waals surface area contributed by atoms with Gasteiger partial charge in [-0.3, -0.25) is 9.59 Å². The number of halogens is 1. The number of rotatable bonds is 7. The molecule has 2 unspecified atom stereocenters. The Bertz CT molecular complexity index is 559. The van der Waals surface area contributed by atoms with Gasteiger partial charge >= 0.3 is 0 Å². The van der Waals surface area contributed by atoms with Crippen LogP contribution in [0.4, 0.5) is 0 Å². The molecule has 1 amide bonds. The first-order valence-electron chi connectivity index (χ1n) is 9.16. The van der Waals surface area contributed by atoms with Crippen LogP contribution in [0.3, 0.4) is 0 Å². The smallest absolute Gasteiger partial charge is 0.223 e. The van der Waals surface area contributed by atoms with Crippen molar-refractivity contribution in [3.8, 4) is 0 Å². The van der Waals surface area contributed by atoms with Gasteiger partial charge in [-0.2, -0.15) is 0 Å². The van der Waals surface area contributed by atoms with Crippen LogP contribution in [0.15, 0.2) is 24.3 Å². The van der Waals surface area contributed by atoms with Crippen molar-refractivity contribution in [1.29, 1.82) is 0 Å². The van der Waals surface area contributed by atoms with E-state index in [4.69, 9.17) is 5.73 Å². The molecule has 2 atom stereocenters. The molecule has 1 aromatic rings. The van der Waals surface area contributed by atoms with E-state index in [0.29, 0.717) is 18.0 Å². The van der Waals surface area contributed by atoms with E-state index in [2.05, 4.69) is 13.8 Å². The molecular weight excluding hydrogens is 336 g/mol. The maximum atomic E-state index is 12.5. The number of nitrogens with two attached hydrogens (primary N) is 1. The van der Waals surface area contributed by atoms with Gasteiger partial charge in [0.05, 0.1) is 0 Å². The quantitative estimate of drug-likeness (QED) is 0.750. The third kappa shape index (κ3) is 6.12. The van der Waals surface area contributed by atoms with Crippen LogP contribution in [0.1, 0.15) is 61.9 Å². The van der Waals surface area contributed by atoms with Gasteiger partial charge in [-0.25, -0.2) is 0 Å². The maximum absolute atomic E-state index is 12.5. The van der Waals surface area contributed by atoms with E-state index in [9.17, 15) is 9.59 Å². The molecule has 0 aromatic heterocycles. The van der Waals surface area contributed by atoms with E-state index in [1.165, 1.54) is 5.56 Å². The highest BCUT2D eigenvalue weighted by molar-refractivity contribution is 5.98. The second kappa shape index (κ2) is 10.6. The Morgan fingerprint density at radius 2 is 1.88 bits per heavy atom. The predicted molar refractivity (Wildman–Crippen MR) is 104 cm³/mol. The Morgan fingerprint density at radius 1 is 1.20 bits per heavy atom. The highest BCUT2D eigenvalue weighted by atomic mass is 35.5. The molecular formula is C20H31ClN2O2. The molecule has 1 aliphatic rings. The number of ketones is 1. The molecule has 0 aliphatic carbocycles. The number of hydrogen-bond donors (Lipinski definition) is 1. The molecule has 0 spiro atoms. The summed E-state index contributed by atoms with van der Waals surface area (Å²) in [4.78, 5) is 26.7. The lowest BCUT2D eigenvalue weighted by molar-refractivity contribution is -0.135.